The van der Waals surface area contributed by atoms with Gasteiger partial charge in [-0.1, -0.05) is 135 Å². The molecule has 24 nitrogen and oxygen atoms in total. The van der Waals surface area contributed by atoms with E-state index in [-0.39, 0.29) is 50.5 Å². The number of rotatable bonds is 13. The number of nitrogens with zero attached hydrogens (tertiary/aromatic N) is 6. The molecule has 12 atom stereocenters. The maximum absolute atomic E-state index is 15.2. The van der Waals surface area contributed by atoms with Gasteiger partial charge in [0, 0.05) is 60.5 Å². The third kappa shape index (κ3) is 20.1. The average molecular weight is 1310 g/mol. The molecule has 0 spiro atoms. The standard InChI is InChI=1S/C70H107N11O13/c1-40(2)35-51-68(92)80(16)59(43(7)8)64(88)73-52(37-47-27-20-17-21-28-47)67(91)76(12)44(9)65(89)78(14)54(36-41(3)4)62(86)71-50(60(84)49-31-24-19-25-32-49)39-56(83)74-57(42(5)6)63(87)75-58(46(11)82)70(94)77(13)45(10)66(90)79(15)55(38-48-29-22-18-23-30-48)69(93)81-34-26-33-53(81)61(85)72-51/h17-18,20-23,27-30,40-46,49-55,57-59,82H,19,24-26,31-39H2,1-16H3,(H,71,86)(H,72,85)(H,73,88)(H,74,83)(H,75,87)/t44-,45-,46+,50-,51-,52-,53-,54-,55?,57+,58-,59-/m0/s1. The van der Waals surface area contributed by atoms with E-state index in [2.05, 4.69) is 26.6 Å². The molecule has 24 heteroatoms. The maximum Gasteiger partial charge on any atom is 0.248 e. The summed E-state index contributed by atoms with van der Waals surface area (Å²) in [4.78, 5) is 185. The van der Waals surface area contributed by atoms with Crippen LogP contribution in [0.4, 0.5) is 0 Å². The Balaban J connectivity index is 1.63. The van der Waals surface area contributed by atoms with E-state index in [0.717, 1.165) is 24.2 Å². The molecule has 0 aromatic heterocycles. The van der Waals surface area contributed by atoms with E-state index in [1.807, 2.05) is 27.7 Å². The lowest BCUT2D eigenvalue weighted by Gasteiger charge is -2.38. The molecule has 94 heavy (non-hydrogen) atoms. The van der Waals surface area contributed by atoms with E-state index >= 15 is 14.4 Å². The Morgan fingerprint density at radius 2 is 0.989 bits per heavy atom. The van der Waals surface area contributed by atoms with E-state index in [0.29, 0.717) is 30.4 Å². The van der Waals surface area contributed by atoms with Crippen molar-refractivity contribution in [1.29, 1.82) is 0 Å². The van der Waals surface area contributed by atoms with Crippen molar-refractivity contribution < 1.29 is 62.6 Å². The van der Waals surface area contributed by atoms with Crippen LogP contribution in [-0.4, -0.2) is 220 Å². The normalized spacial score (nSPS) is 27.3. The van der Waals surface area contributed by atoms with Crippen LogP contribution in [0, 0.1) is 29.6 Å². The number of carbonyl (C=O) groups excluding carboxylic acids is 12. The first-order valence-electron chi connectivity index (χ1n) is 33.6. The van der Waals surface area contributed by atoms with Gasteiger partial charge in [-0.15, -0.1) is 0 Å². The van der Waals surface area contributed by atoms with E-state index in [4.69, 9.17) is 0 Å². The van der Waals surface area contributed by atoms with Crippen LogP contribution < -0.4 is 26.6 Å². The molecule has 2 saturated heterocycles. The number of aliphatic hydroxyl groups is 1. The van der Waals surface area contributed by atoms with Crippen LogP contribution >= 0.6 is 0 Å². The molecule has 0 radical (unpaired) electrons. The quantitative estimate of drug-likeness (QED) is 0.168. The van der Waals surface area contributed by atoms with Crippen LogP contribution in [0.25, 0.3) is 0 Å². The summed E-state index contributed by atoms with van der Waals surface area (Å²) >= 11 is 0. The smallest absolute Gasteiger partial charge is 0.248 e. The summed E-state index contributed by atoms with van der Waals surface area (Å²) < 4.78 is 0. The fraction of sp³-hybridized carbons (Fsp3) is 0.657. The third-order valence-electron chi connectivity index (χ3n) is 18.8. The molecule has 2 aromatic rings. The van der Waals surface area contributed by atoms with Gasteiger partial charge in [-0.25, -0.2) is 0 Å². The second-order valence-corrected chi connectivity index (χ2v) is 27.8. The number of aliphatic hydroxyl groups excluding tert-OH is 1. The number of likely N-dealkylation sites (N-methyl/N-ethyl adjacent to an activating group) is 5. The van der Waals surface area contributed by atoms with Gasteiger partial charge in [-0.2, -0.15) is 0 Å². The molecule has 11 amide bonds. The highest BCUT2D eigenvalue weighted by molar-refractivity contribution is 6.01. The van der Waals surface area contributed by atoms with Gasteiger partial charge in [0.05, 0.1) is 18.6 Å². The first-order chi connectivity index (χ1) is 44.2. The first kappa shape index (κ1) is 76.9. The zero-order valence-electron chi connectivity index (χ0n) is 58.3. The van der Waals surface area contributed by atoms with Crippen molar-refractivity contribution in [2.75, 3.05) is 41.8 Å². The van der Waals surface area contributed by atoms with Gasteiger partial charge in [0.15, 0.2) is 5.78 Å². The fourth-order valence-corrected chi connectivity index (χ4v) is 13.0. The van der Waals surface area contributed by atoms with E-state index in [1.165, 1.54) is 80.5 Å². The minimum Gasteiger partial charge on any atom is -0.391 e. The maximum atomic E-state index is 15.2. The highest BCUT2D eigenvalue weighted by Crippen LogP contribution is 2.28. The van der Waals surface area contributed by atoms with Crippen LogP contribution in [0.2, 0.25) is 0 Å². The molecule has 520 valence electrons. The molecule has 2 aromatic carbocycles. The van der Waals surface area contributed by atoms with E-state index in [9.17, 15) is 48.3 Å². The van der Waals surface area contributed by atoms with Crippen molar-refractivity contribution in [3.8, 4) is 0 Å². The summed E-state index contributed by atoms with van der Waals surface area (Å²) in [5.41, 5.74) is 1.34. The van der Waals surface area contributed by atoms with Gasteiger partial charge in [0.2, 0.25) is 65.0 Å². The Hall–Kier alpha value is -7.76. The molecule has 2 aliphatic heterocycles. The lowest BCUT2D eigenvalue weighted by atomic mass is 9.83. The second kappa shape index (κ2) is 35.1. The molecule has 1 saturated carbocycles. The predicted octanol–water partition coefficient (Wildman–Crippen LogP) is 3.40. The summed E-state index contributed by atoms with van der Waals surface area (Å²) in [5.74, 6) is -10.3. The van der Waals surface area contributed by atoms with Gasteiger partial charge in [-0.3, -0.25) is 57.5 Å². The van der Waals surface area contributed by atoms with Crippen molar-refractivity contribution in [3.63, 3.8) is 0 Å². The lowest BCUT2D eigenvalue weighted by molar-refractivity contribution is -0.152. The molecule has 6 N–H and O–H groups in total. The third-order valence-corrected chi connectivity index (χ3v) is 18.8. The number of hydrogen-bond donors (Lipinski definition) is 6. The molecule has 5 rings (SSSR count). The molecule has 1 unspecified atom stereocenters. The predicted molar refractivity (Wildman–Crippen MR) is 355 cm³/mol. The Bertz CT molecular complexity index is 2970. The molecule has 0 bridgehead atoms. The van der Waals surface area contributed by atoms with Gasteiger partial charge in [0.25, 0.3) is 0 Å². The number of ketones is 1. The molecule has 3 aliphatic rings. The van der Waals surface area contributed by atoms with Gasteiger partial charge >= 0.3 is 0 Å². The van der Waals surface area contributed by atoms with Crippen LogP contribution in [0.5, 0.6) is 0 Å². The molecular weight excluding hydrogens is 1200 g/mol. The summed E-state index contributed by atoms with van der Waals surface area (Å²) in [6.45, 7) is 18.5. The molecule has 3 fully saturated rings. The summed E-state index contributed by atoms with van der Waals surface area (Å²) in [6, 6.07) is 3.57. The number of fused-ring (bicyclic) bond motifs is 1. The van der Waals surface area contributed by atoms with E-state index in [1.54, 1.807) is 88.4 Å². The first-order valence-corrected chi connectivity index (χ1v) is 33.6. The van der Waals surface area contributed by atoms with Gasteiger partial charge in [-0.05, 0) is 94.1 Å². The Morgan fingerprint density at radius 1 is 0.479 bits per heavy atom. The van der Waals surface area contributed by atoms with Gasteiger partial charge < -0.3 is 61.1 Å². The summed E-state index contributed by atoms with van der Waals surface area (Å²) in [7, 11) is 7.01. The molecule has 1 aliphatic carbocycles. The van der Waals surface area contributed by atoms with Crippen LogP contribution in [0.15, 0.2) is 60.7 Å². The SMILES string of the molecule is CC(C)C[C@@H]1NC(=O)[C@@H]2CCCN2C(=O)C(Cc2ccccc2)N(C)C(=O)[C@H](C)N(C)C(=O)[C@H]([C@@H](C)O)NC(=O)[C@@H](C(C)C)NC(=O)C[C@@H](C(=O)C2CCCCC2)NC(=O)[C@H](CC(C)C)N(C)C(=O)[C@H](C)N(C)C(=O)[C@H](Cc2ccccc2)NC(=O)[C@H](C(C)C)N(C)C1=O. The topological polar surface area (TPSA) is 305 Å². The monoisotopic (exact) mass is 1310 g/mol. The number of nitrogens with one attached hydrogen (secondary N) is 5. The largest absolute Gasteiger partial charge is 0.391 e. The highest BCUT2D eigenvalue weighted by Gasteiger charge is 2.45. The Labute approximate surface area is 556 Å². The zero-order chi connectivity index (χ0) is 70.2. The minimum atomic E-state index is -1.67. The van der Waals surface area contributed by atoms with Gasteiger partial charge in [0.1, 0.15) is 60.4 Å². The fourth-order valence-electron chi connectivity index (χ4n) is 13.0. The lowest BCUT2D eigenvalue weighted by Crippen LogP contribution is -2.62. The van der Waals surface area contributed by atoms with Crippen LogP contribution in [0.1, 0.15) is 151 Å². The van der Waals surface area contributed by atoms with Crippen LogP contribution in [-0.2, 0) is 70.4 Å². The number of benzene rings is 2. The minimum absolute atomic E-state index is 0.00714. The number of Topliss-reactive ketones (excluding diaryl/α,β-unsaturated/α-hetero) is 1. The van der Waals surface area contributed by atoms with E-state index < -0.39 is 168 Å². The molecule has 2 heterocycles. The Kier molecular flexibility index (Phi) is 28.7. The zero-order valence-corrected chi connectivity index (χ0v) is 58.3. The summed E-state index contributed by atoms with van der Waals surface area (Å²) in [6.07, 6.45) is 2.07. The average Bonchev–Trinajstić information content (AvgIpc) is 1.36. The second-order valence-electron chi connectivity index (χ2n) is 27.8. The van der Waals surface area contributed by atoms with Crippen molar-refractivity contribution in [3.05, 3.63) is 71.8 Å². The van der Waals surface area contributed by atoms with Crippen molar-refractivity contribution >= 4 is 70.8 Å². The Morgan fingerprint density at radius 3 is 1.51 bits per heavy atom. The van der Waals surface area contributed by atoms with Crippen molar-refractivity contribution in [2.24, 2.45) is 29.6 Å². The number of hydrogen-bond acceptors (Lipinski definition) is 13. The molecular formula is C70H107N11O13. The summed E-state index contributed by atoms with van der Waals surface area (Å²) in [5, 5.41) is 25.1. The number of carbonyl (C=O) groups is 12. The highest BCUT2D eigenvalue weighted by atomic mass is 16.3. The van der Waals surface area contributed by atoms with Crippen molar-refractivity contribution in [1.82, 2.24) is 56.0 Å². The van der Waals surface area contributed by atoms with Crippen molar-refractivity contribution in [2.45, 2.75) is 226 Å². The van der Waals surface area contributed by atoms with Crippen LogP contribution in [0.3, 0.4) is 0 Å². The number of amides is 11.